The normalized spacial score (nSPS) is 12.0. The summed E-state index contributed by atoms with van der Waals surface area (Å²) in [6.45, 7) is 7.52. The number of aliphatic hydroxyl groups is 1. The fraction of sp³-hybridized carbons (Fsp3) is 0.429. The lowest BCUT2D eigenvalue weighted by molar-refractivity contribution is 0.191. The Morgan fingerprint density at radius 3 is 2.50 bits per heavy atom. The molecule has 28 heavy (non-hydrogen) atoms. The molecule has 0 radical (unpaired) electrons. The lowest BCUT2D eigenvalue weighted by atomic mass is 10.2. The summed E-state index contributed by atoms with van der Waals surface area (Å²) in [6.07, 6.45) is -0.330. The fourth-order valence-electron chi connectivity index (χ4n) is 2.56. The maximum absolute atomic E-state index is 9.22. The van der Waals surface area contributed by atoms with Crippen molar-refractivity contribution in [1.29, 1.82) is 0 Å². The van der Waals surface area contributed by atoms with E-state index in [4.69, 9.17) is 32.7 Å². The molecule has 0 bridgehead atoms. The van der Waals surface area contributed by atoms with Gasteiger partial charge in [-0.15, -0.1) is 0 Å². The van der Waals surface area contributed by atoms with Crippen LogP contribution >= 0.6 is 23.2 Å². The minimum absolute atomic E-state index is 0.330. The number of hydrogen-bond acceptors (Lipinski definition) is 5. The molecule has 0 spiro atoms. The van der Waals surface area contributed by atoms with Crippen molar-refractivity contribution in [3.05, 3.63) is 57.6 Å². The van der Waals surface area contributed by atoms with E-state index in [1.54, 1.807) is 19.1 Å². The molecule has 0 aliphatic heterocycles. The molecule has 1 atom stereocenters. The number of ether oxygens (including phenoxy) is 2. The number of benzene rings is 2. The van der Waals surface area contributed by atoms with Crippen LogP contribution in [0.15, 0.2) is 36.4 Å². The van der Waals surface area contributed by atoms with Gasteiger partial charge in [0.25, 0.3) is 0 Å². The molecule has 2 rings (SSSR count). The van der Waals surface area contributed by atoms with Crippen LogP contribution in [0.1, 0.15) is 25.0 Å². The summed E-state index contributed by atoms with van der Waals surface area (Å²) in [5.41, 5.74) is 1.97. The van der Waals surface area contributed by atoms with Gasteiger partial charge in [-0.1, -0.05) is 35.3 Å². The maximum atomic E-state index is 9.22. The Morgan fingerprint density at radius 2 is 1.79 bits per heavy atom. The van der Waals surface area contributed by atoms with E-state index in [0.717, 1.165) is 30.8 Å². The molecule has 0 heterocycles. The SMILES string of the molecule is CCOc1cc(CNCCNCC(C)O)ccc1OCc1ccc(Cl)cc1Cl. The third-order valence-corrected chi connectivity index (χ3v) is 4.54. The van der Waals surface area contributed by atoms with E-state index >= 15 is 0 Å². The highest BCUT2D eigenvalue weighted by atomic mass is 35.5. The van der Waals surface area contributed by atoms with Crippen molar-refractivity contribution < 1.29 is 14.6 Å². The molecule has 0 saturated heterocycles. The van der Waals surface area contributed by atoms with Crippen LogP contribution in [-0.2, 0) is 13.2 Å². The number of halogens is 2. The van der Waals surface area contributed by atoms with Crippen LogP contribution in [0, 0.1) is 0 Å². The third-order valence-electron chi connectivity index (χ3n) is 3.95. The monoisotopic (exact) mass is 426 g/mol. The predicted molar refractivity (Wildman–Crippen MR) is 115 cm³/mol. The molecule has 7 heteroatoms. The Balaban J connectivity index is 1.90. The molecule has 5 nitrogen and oxygen atoms in total. The molecular weight excluding hydrogens is 399 g/mol. The van der Waals surface area contributed by atoms with Crippen molar-refractivity contribution in [1.82, 2.24) is 10.6 Å². The molecule has 0 saturated carbocycles. The first-order chi connectivity index (χ1) is 13.5. The largest absolute Gasteiger partial charge is 0.490 e. The minimum Gasteiger partial charge on any atom is -0.490 e. The van der Waals surface area contributed by atoms with Gasteiger partial charge in [-0.05, 0) is 43.7 Å². The quantitative estimate of drug-likeness (QED) is 0.447. The first kappa shape index (κ1) is 22.8. The molecule has 1 unspecified atom stereocenters. The van der Waals surface area contributed by atoms with E-state index in [-0.39, 0.29) is 6.10 Å². The highest BCUT2D eigenvalue weighted by molar-refractivity contribution is 6.35. The van der Waals surface area contributed by atoms with E-state index in [1.807, 2.05) is 31.2 Å². The van der Waals surface area contributed by atoms with E-state index in [1.165, 1.54) is 0 Å². The van der Waals surface area contributed by atoms with Crippen LogP contribution in [0.2, 0.25) is 10.0 Å². The Labute approximate surface area is 177 Å². The molecule has 0 aromatic heterocycles. The molecule has 2 aromatic rings. The summed E-state index contributed by atoms with van der Waals surface area (Å²) in [5, 5.41) is 16.9. The molecule has 0 aliphatic carbocycles. The Morgan fingerprint density at radius 1 is 1.00 bits per heavy atom. The van der Waals surface area contributed by atoms with Gasteiger partial charge in [0.05, 0.1) is 12.7 Å². The molecule has 0 amide bonds. The van der Waals surface area contributed by atoms with Crippen molar-refractivity contribution >= 4 is 23.2 Å². The zero-order chi connectivity index (χ0) is 20.4. The molecule has 154 valence electrons. The van der Waals surface area contributed by atoms with Gasteiger partial charge in [0.2, 0.25) is 0 Å². The second-order valence-corrected chi connectivity index (χ2v) is 7.31. The molecule has 2 aromatic carbocycles. The van der Waals surface area contributed by atoms with E-state index < -0.39 is 0 Å². The highest BCUT2D eigenvalue weighted by Crippen LogP contribution is 2.30. The van der Waals surface area contributed by atoms with Gasteiger partial charge >= 0.3 is 0 Å². The summed E-state index contributed by atoms with van der Waals surface area (Å²) in [7, 11) is 0. The van der Waals surface area contributed by atoms with Gasteiger partial charge in [0.1, 0.15) is 6.61 Å². The summed E-state index contributed by atoms with van der Waals surface area (Å²) < 4.78 is 11.7. The molecular formula is C21H28Cl2N2O3. The first-order valence-corrected chi connectivity index (χ1v) is 10.2. The van der Waals surface area contributed by atoms with E-state index in [0.29, 0.717) is 41.3 Å². The van der Waals surface area contributed by atoms with E-state index in [2.05, 4.69) is 10.6 Å². The lowest BCUT2D eigenvalue weighted by Gasteiger charge is -2.14. The summed E-state index contributed by atoms with van der Waals surface area (Å²) in [4.78, 5) is 0. The number of aliphatic hydroxyl groups excluding tert-OH is 1. The molecule has 0 fully saturated rings. The van der Waals surface area contributed by atoms with Gasteiger partial charge in [-0.2, -0.15) is 0 Å². The van der Waals surface area contributed by atoms with Crippen molar-refractivity contribution in [2.45, 2.75) is 33.1 Å². The standard InChI is InChI=1S/C21H28Cl2N2O3/c1-3-27-21-10-16(13-25-9-8-24-12-15(2)26)4-7-20(21)28-14-17-5-6-18(22)11-19(17)23/h4-7,10-11,15,24-26H,3,8-9,12-14H2,1-2H3. The van der Waals surface area contributed by atoms with Crippen LogP contribution in [0.25, 0.3) is 0 Å². The predicted octanol–water partition coefficient (Wildman–Crippen LogP) is 4.03. The Bertz CT molecular complexity index is 742. The highest BCUT2D eigenvalue weighted by Gasteiger charge is 2.09. The smallest absolute Gasteiger partial charge is 0.161 e. The average Bonchev–Trinajstić information content (AvgIpc) is 2.65. The average molecular weight is 427 g/mol. The van der Waals surface area contributed by atoms with Crippen molar-refractivity contribution in [2.24, 2.45) is 0 Å². The zero-order valence-corrected chi connectivity index (χ0v) is 17.8. The van der Waals surface area contributed by atoms with Gasteiger partial charge in [-0.3, -0.25) is 0 Å². The molecule has 3 N–H and O–H groups in total. The van der Waals surface area contributed by atoms with Gasteiger partial charge in [-0.25, -0.2) is 0 Å². The first-order valence-electron chi connectivity index (χ1n) is 9.41. The minimum atomic E-state index is -0.330. The third kappa shape index (κ3) is 7.86. The number of rotatable bonds is 12. The fourth-order valence-corrected chi connectivity index (χ4v) is 3.03. The van der Waals surface area contributed by atoms with Crippen LogP contribution in [-0.4, -0.2) is 37.5 Å². The van der Waals surface area contributed by atoms with Gasteiger partial charge in [0.15, 0.2) is 11.5 Å². The molecule has 0 aliphatic rings. The Hall–Kier alpha value is -1.50. The van der Waals surface area contributed by atoms with Crippen LogP contribution in [0.5, 0.6) is 11.5 Å². The van der Waals surface area contributed by atoms with Gasteiger partial charge in [0, 0.05) is 41.8 Å². The topological polar surface area (TPSA) is 62.8 Å². The van der Waals surface area contributed by atoms with Crippen molar-refractivity contribution in [3.8, 4) is 11.5 Å². The van der Waals surface area contributed by atoms with Gasteiger partial charge < -0.3 is 25.2 Å². The second kappa shape index (κ2) is 12.1. The number of hydrogen-bond donors (Lipinski definition) is 3. The van der Waals surface area contributed by atoms with E-state index in [9.17, 15) is 5.11 Å². The van der Waals surface area contributed by atoms with Crippen molar-refractivity contribution in [2.75, 3.05) is 26.2 Å². The summed E-state index contributed by atoms with van der Waals surface area (Å²) >= 11 is 12.1. The van der Waals surface area contributed by atoms with Crippen LogP contribution in [0.3, 0.4) is 0 Å². The zero-order valence-electron chi connectivity index (χ0n) is 16.3. The number of nitrogens with one attached hydrogen (secondary N) is 2. The lowest BCUT2D eigenvalue weighted by Crippen LogP contribution is -2.31. The van der Waals surface area contributed by atoms with Crippen molar-refractivity contribution in [3.63, 3.8) is 0 Å². The summed E-state index contributed by atoms with van der Waals surface area (Å²) in [5.74, 6) is 1.38. The maximum Gasteiger partial charge on any atom is 0.161 e. The summed E-state index contributed by atoms with van der Waals surface area (Å²) in [6, 6.07) is 11.3. The van der Waals surface area contributed by atoms with Crippen LogP contribution < -0.4 is 20.1 Å². The second-order valence-electron chi connectivity index (χ2n) is 6.47. The van der Waals surface area contributed by atoms with Crippen LogP contribution in [0.4, 0.5) is 0 Å². The Kier molecular flexibility index (Phi) is 9.88.